The first kappa shape index (κ1) is 13.6. The fourth-order valence-corrected chi connectivity index (χ4v) is 1.82. The molecule has 16 heavy (non-hydrogen) atoms. The average molecular weight is 354 g/mol. The van der Waals surface area contributed by atoms with Crippen molar-refractivity contribution in [1.29, 1.82) is 0 Å². The van der Waals surface area contributed by atoms with Gasteiger partial charge in [0.15, 0.2) is 6.10 Å². The Morgan fingerprint density at radius 1 is 1.50 bits per heavy atom. The summed E-state index contributed by atoms with van der Waals surface area (Å²) in [6.45, 7) is 3.77. The van der Waals surface area contributed by atoms with E-state index >= 15 is 0 Å². The molecule has 1 aromatic rings. The molecule has 0 saturated heterocycles. The normalized spacial score (nSPS) is 12.6. The minimum atomic E-state index is -0.614. The van der Waals surface area contributed by atoms with E-state index in [4.69, 9.17) is 22.1 Å². The number of carbonyl (C=O) groups is 1. The Kier molecular flexibility index (Phi) is 4.86. The van der Waals surface area contributed by atoms with Gasteiger partial charge in [-0.25, -0.2) is 0 Å². The van der Waals surface area contributed by atoms with Gasteiger partial charge in [-0.2, -0.15) is 0 Å². The van der Waals surface area contributed by atoms with Crippen LogP contribution in [-0.4, -0.2) is 12.0 Å². The third-order valence-corrected chi connectivity index (χ3v) is 3.58. The van der Waals surface area contributed by atoms with E-state index in [9.17, 15) is 4.79 Å². The van der Waals surface area contributed by atoms with Crippen molar-refractivity contribution in [3.05, 3.63) is 26.8 Å². The molecule has 1 amide bonds. The maximum Gasteiger partial charge on any atom is 0.258 e. The van der Waals surface area contributed by atoms with Crippen LogP contribution in [0.15, 0.2) is 18.2 Å². The highest BCUT2D eigenvalue weighted by atomic mass is 127. The standard InChI is InChI=1S/C11H13ClINO2/c1-6(2)10(11(14)15)16-7-3-4-8(12)9(13)5-7/h3-6,10H,1-2H3,(H2,14,15). The molecule has 0 aliphatic carbocycles. The molecule has 0 aliphatic heterocycles. The van der Waals surface area contributed by atoms with Crippen LogP contribution in [0.3, 0.4) is 0 Å². The summed E-state index contributed by atoms with van der Waals surface area (Å²) < 4.78 is 6.41. The van der Waals surface area contributed by atoms with Gasteiger partial charge in [0.25, 0.3) is 5.91 Å². The van der Waals surface area contributed by atoms with E-state index in [0.717, 1.165) is 3.57 Å². The summed E-state index contributed by atoms with van der Waals surface area (Å²) >= 11 is 7.99. The molecule has 0 aliphatic rings. The smallest absolute Gasteiger partial charge is 0.258 e. The van der Waals surface area contributed by atoms with E-state index in [-0.39, 0.29) is 5.92 Å². The first-order valence-electron chi connectivity index (χ1n) is 4.83. The highest BCUT2D eigenvalue weighted by molar-refractivity contribution is 14.1. The van der Waals surface area contributed by atoms with Crippen LogP contribution >= 0.6 is 34.2 Å². The predicted molar refractivity (Wildman–Crippen MR) is 72.6 cm³/mol. The molecule has 1 atom stereocenters. The molecule has 0 radical (unpaired) electrons. The Labute approximate surface area is 113 Å². The fraction of sp³-hybridized carbons (Fsp3) is 0.364. The Morgan fingerprint density at radius 2 is 2.12 bits per heavy atom. The molecule has 0 spiro atoms. The molecule has 5 heteroatoms. The summed E-state index contributed by atoms with van der Waals surface area (Å²) in [6.07, 6.45) is -0.614. The predicted octanol–water partition coefficient (Wildman–Crippen LogP) is 2.83. The van der Waals surface area contributed by atoms with Crippen molar-refractivity contribution in [2.24, 2.45) is 11.7 Å². The molecule has 1 aromatic carbocycles. The molecule has 1 unspecified atom stereocenters. The lowest BCUT2D eigenvalue weighted by Gasteiger charge is -2.19. The second-order valence-corrected chi connectivity index (χ2v) is 5.33. The number of benzene rings is 1. The topological polar surface area (TPSA) is 52.3 Å². The third-order valence-electron chi connectivity index (χ3n) is 2.04. The molecule has 3 nitrogen and oxygen atoms in total. The molecule has 0 saturated carbocycles. The van der Waals surface area contributed by atoms with Crippen LogP contribution in [0.4, 0.5) is 0 Å². The zero-order valence-corrected chi connectivity index (χ0v) is 11.9. The molecule has 2 N–H and O–H groups in total. The van der Waals surface area contributed by atoms with Gasteiger partial charge in [0.1, 0.15) is 5.75 Å². The SMILES string of the molecule is CC(C)C(Oc1ccc(Cl)c(I)c1)C(N)=O. The fourth-order valence-electron chi connectivity index (χ4n) is 1.22. The first-order valence-corrected chi connectivity index (χ1v) is 6.28. The molecule has 88 valence electrons. The van der Waals surface area contributed by atoms with E-state index in [1.807, 2.05) is 13.8 Å². The number of primary amides is 1. The summed E-state index contributed by atoms with van der Waals surface area (Å²) in [7, 11) is 0. The van der Waals surface area contributed by atoms with Crippen LogP contribution in [0.5, 0.6) is 5.75 Å². The van der Waals surface area contributed by atoms with Crippen LogP contribution in [-0.2, 0) is 4.79 Å². The van der Waals surface area contributed by atoms with Crippen molar-refractivity contribution in [1.82, 2.24) is 0 Å². The molecule has 0 heterocycles. The molecule has 0 bridgehead atoms. The summed E-state index contributed by atoms with van der Waals surface area (Å²) in [6, 6.07) is 5.24. The van der Waals surface area contributed by atoms with Gasteiger partial charge in [0, 0.05) is 3.57 Å². The zero-order valence-electron chi connectivity index (χ0n) is 9.04. The number of nitrogens with two attached hydrogens (primary N) is 1. The first-order chi connectivity index (χ1) is 7.41. The number of amides is 1. The van der Waals surface area contributed by atoms with Gasteiger partial charge >= 0.3 is 0 Å². The van der Waals surface area contributed by atoms with E-state index in [1.165, 1.54) is 0 Å². The molecule has 0 fully saturated rings. The van der Waals surface area contributed by atoms with Crippen LogP contribution in [0.2, 0.25) is 5.02 Å². The number of carbonyl (C=O) groups excluding carboxylic acids is 1. The maximum atomic E-state index is 11.2. The van der Waals surface area contributed by atoms with Crippen molar-refractivity contribution < 1.29 is 9.53 Å². The number of halogens is 2. The maximum absolute atomic E-state index is 11.2. The molecule has 0 aromatic heterocycles. The minimum absolute atomic E-state index is 0.0332. The number of hydrogen-bond donors (Lipinski definition) is 1. The van der Waals surface area contributed by atoms with Crippen molar-refractivity contribution in [2.75, 3.05) is 0 Å². The molecule has 1 rings (SSSR count). The molecular weight excluding hydrogens is 340 g/mol. The summed E-state index contributed by atoms with van der Waals surface area (Å²) in [5.41, 5.74) is 5.26. The van der Waals surface area contributed by atoms with Crippen LogP contribution < -0.4 is 10.5 Å². The monoisotopic (exact) mass is 353 g/mol. The largest absolute Gasteiger partial charge is 0.480 e. The highest BCUT2D eigenvalue weighted by Crippen LogP contribution is 2.25. The van der Waals surface area contributed by atoms with Gasteiger partial charge in [0.05, 0.1) is 5.02 Å². The van der Waals surface area contributed by atoms with Gasteiger partial charge in [-0.05, 0) is 46.7 Å². The van der Waals surface area contributed by atoms with E-state index in [1.54, 1.807) is 18.2 Å². The minimum Gasteiger partial charge on any atom is -0.480 e. The molecular formula is C11H13ClINO2. The lowest BCUT2D eigenvalue weighted by molar-refractivity contribution is -0.126. The van der Waals surface area contributed by atoms with E-state index in [0.29, 0.717) is 10.8 Å². The van der Waals surface area contributed by atoms with Gasteiger partial charge in [-0.15, -0.1) is 0 Å². The van der Waals surface area contributed by atoms with Crippen molar-refractivity contribution in [3.8, 4) is 5.75 Å². The Bertz CT molecular complexity index is 396. The zero-order chi connectivity index (χ0) is 12.3. The summed E-state index contributed by atoms with van der Waals surface area (Å²) in [5.74, 6) is 0.178. The van der Waals surface area contributed by atoms with Gasteiger partial charge in [-0.3, -0.25) is 4.79 Å². The average Bonchev–Trinajstić information content (AvgIpc) is 2.18. The van der Waals surface area contributed by atoms with Gasteiger partial charge in [0.2, 0.25) is 0 Å². The Morgan fingerprint density at radius 3 is 2.56 bits per heavy atom. The van der Waals surface area contributed by atoms with Crippen LogP contribution in [0, 0.1) is 9.49 Å². The summed E-state index contributed by atoms with van der Waals surface area (Å²) in [5, 5.41) is 0.660. The second-order valence-electron chi connectivity index (χ2n) is 3.76. The van der Waals surface area contributed by atoms with E-state index < -0.39 is 12.0 Å². The van der Waals surface area contributed by atoms with Crippen LogP contribution in [0.25, 0.3) is 0 Å². The highest BCUT2D eigenvalue weighted by Gasteiger charge is 2.21. The summed E-state index contributed by atoms with van der Waals surface area (Å²) in [4.78, 5) is 11.2. The van der Waals surface area contributed by atoms with Gasteiger partial charge < -0.3 is 10.5 Å². The Hall–Kier alpha value is -0.490. The lowest BCUT2D eigenvalue weighted by atomic mass is 10.1. The van der Waals surface area contributed by atoms with Gasteiger partial charge in [-0.1, -0.05) is 25.4 Å². The number of ether oxygens (including phenoxy) is 1. The third kappa shape index (κ3) is 3.52. The Balaban J connectivity index is 2.86. The van der Waals surface area contributed by atoms with Crippen molar-refractivity contribution >= 4 is 40.1 Å². The number of hydrogen-bond acceptors (Lipinski definition) is 2. The van der Waals surface area contributed by atoms with Crippen LogP contribution in [0.1, 0.15) is 13.8 Å². The number of rotatable bonds is 4. The van der Waals surface area contributed by atoms with Crippen molar-refractivity contribution in [3.63, 3.8) is 0 Å². The second kappa shape index (κ2) is 5.72. The quantitative estimate of drug-likeness (QED) is 0.846. The lowest BCUT2D eigenvalue weighted by Crippen LogP contribution is -2.37. The van der Waals surface area contributed by atoms with Crippen molar-refractivity contribution in [2.45, 2.75) is 20.0 Å². The van der Waals surface area contributed by atoms with E-state index in [2.05, 4.69) is 22.6 Å².